The number of benzene rings is 2. The molecule has 0 aromatic heterocycles. The van der Waals surface area contributed by atoms with E-state index in [1.807, 2.05) is 18.2 Å². The number of methoxy groups -OCH3 is 1. The van der Waals surface area contributed by atoms with Crippen LogP contribution in [0.25, 0.3) is 0 Å². The highest BCUT2D eigenvalue weighted by Gasteiger charge is 2.44. The van der Waals surface area contributed by atoms with Gasteiger partial charge in [0.15, 0.2) is 0 Å². The van der Waals surface area contributed by atoms with Gasteiger partial charge in [0, 0.05) is 30.6 Å². The van der Waals surface area contributed by atoms with Crippen LogP contribution < -0.4 is 19.7 Å². The van der Waals surface area contributed by atoms with E-state index in [2.05, 4.69) is 27.6 Å². The molecule has 0 saturated heterocycles. The van der Waals surface area contributed by atoms with Gasteiger partial charge in [-0.3, -0.25) is 4.79 Å². The maximum absolute atomic E-state index is 13.7. The van der Waals surface area contributed by atoms with Crippen LogP contribution in [0.5, 0.6) is 5.75 Å². The summed E-state index contributed by atoms with van der Waals surface area (Å²) in [6.45, 7) is 13.6. The first-order chi connectivity index (χ1) is 22.5. The van der Waals surface area contributed by atoms with Gasteiger partial charge < -0.3 is 24.4 Å². The van der Waals surface area contributed by atoms with Crippen LogP contribution in [0.1, 0.15) is 71.4 Å². The minimum absolute atomic E-state index is 0.0717. The maximum Gasteiger partial charge on any atom is 0.408 e. The number of ether oxygens (including phenoxy) is 3. The fraction of sp³-hybridized carbons (Fsp3) is 0.556. The normalized spacial score (nSPS) is 23.0. The molecule has 1 fully saturated rings. The summed E-state index contributed by atoms with van der Waals surface area (Å²) in [6, 6.07) is 10.8. The molecule has 10 nitrogen and oxygen atoms in total. The number of nitrogens with one attached hydrogen (secondary N) is 2. The van der Waals surface area contributed by atoms with E-state index < -0.39 is 33.2 Å². The SMILES string of the molecule is C=C[C@@H](OC)[C@@H]1CC[C@H]1CN1C[C@@]2(CCCc3cc(Cl)ccc32)COc2ccc(S(=O)(=O)NC(=O)C(C)(C)NC(=O)OC(C)(C)C)cc21. The molecule has 12 heteroatoms. The van der Waals surface area contributed by atoms with Gasteiger partial charge in [-0.05, 0) is 120 Å². The quantitative estimate of drug-likeness (QED) is 0.299. The van der Waals surface area contributed by atoms with E-state index in [1.54, 1.807) is 40.0 Å². The average Bonchev–Trinajstić information content (AvgIpc) is 3.13. The molecule has 2 aromatic rings. The summed E-state index contributed by atoms with van der Waals surface area (Å²) in [6.07, 6.45) is 5.81. The van der Waals surface area contributed by atoms with Crippen LogP contribution in [-0.4, -0.2) is 64.5 Å². The third kappa shape index (κ3) is 7.63. The summed E-state index contributed by atoms with van der Waals surface area (Å²) in [4.78, 5) is 27.8. The molecule has 1 saturated carbocycles. The third-order valence-corrected chi connectivity index (χ3v) is 11.3. The first kappa shape index (κ1) is 36.0. The minimum Gasteiger partial charge on any atom is -0.490 e. The van der Waals surface area contributed by atoms with Crippen molar-refractivity contribution in [3.8, 4) is 5.75 Å². The van der Waals surface area contributed by atoms with Crippen molar-refractivity contribution < 1.29 is 32.2 Å². The van der Waals surface area contributed by atoms with Gasteiger partial charge in [-0.1, -0.05) is 23.7 Å². The number of hydrogen-bond donors (Lipinski definition) is 2. The van der Waals surface area contributed by atoms with Crippen molar-refractivity contribution >= 4 is 39.3 Å². The molecule has 1 spiro atoms. The Morgan fingerprint density at radius 1 is 1.17 bits per heavy atom. The Hall–Kier alpha value is -3.28. The summed E-state index contributed by atoms with van der Waals surface area (Å²) in [5.74, 6) is 0.261. The Kier molecular flexibility index (Phi) is 10.2. The van der Waals surface area contributed by atoms with E-state index in [0.29, 0.717) is 48.0 Å². The second-order valence-electron chi connectivity index (χ2n) is 14.9. The van der Waals surface area contributed by atoms with Gasteiger partial charge in [0.1, 0.15) is 16.9 Å². The fourth-order valence-electron chi connectivity index (χ4n) is 7.17. The van der Waals surface area contributed by atoms with Gasteiger partial charge in [-0.15, -0.1) is 6.58 Å². The van der Waals surface area contributed by atoms with E-state index in [0.717, 1.165) is 32.1 Å². The van der Waals surface area contributed by atoms with Crippen molar-refractivity contribution in [2.45, 2.75) is 94.3 Å². The van der Waals surface area contributed by atoms with Gasteiger partial charge in [0.25, 0.3) is 15.9 Å². The fourth-order valence-corrected chi connectivity index (χ4v) is 8.49. The Morgan fingerprint density at radius 3 is 2.56 bits per heavy atom. The lowest BCUT2D eigenvalue weighted by Crippen LogP contribution is -2.56. The molecule has 2 N–H and O–H groups in total. The zero-order chi connectivity index (χ0) is 35.1. The number of hydrogen-bond acceptors (Lipinski definition) is 8. The second-order valence-corrected chi connectivity index (χ2v) is 17.0. The monoisotopic (exact) mass is 701 g/mol. The molecule has 5 rings (SSSR count). The molecule has 0 radical (unpaired) electrons. The lowest BCUT2D eigenvalue weighted by molar-refractivity contribution is -0.124. The number of anilines is 1. The first-order valence-corrected chi connectivity index (χ1v) is 18.4. The third-order valence-electron chi connectivity index (χ3n) is 9.78. The van der Waals surface area contributed by atoms with Crippen LogP contribution in [0.2, 0.25) is 5.02 Å². The van der Waals surface area contributed by atoms with E-state index in [-0.39, 0.29) is 16.4 Å². The predicted octanol–water partition coefficient (Wildman–Crippen LogP) is 6.15. The van der Waals surface area contributed by atoms with Crippen LogP contribution in [0.15, 0.2) is 53.9 Å². The Morgan fingerprint density at radius 2 is 1.92 bits per heavy atom. The van der Waals surface area contributed by atoms with Gasteiger partial charge in [0.05, 0.1) is 23.3 Å². The number of carbonyl (C=O) groups is 2. The Bertz CT molecular complexity index is 1670. The lowest BCUT2D eigenvalue weighted by atomic mass is 9.68. The number of carbonyl (C=O) groups excluding carboxylic acids is 2. The molecule has 3 aliphatic rings. The zero-order valence-corrected chi connectivity index (χ0v) is 30.3. The molecule has 2 aliphatic carbocycles. The molecular weight excluding hydrogens is 654 g/mol. The summed E-state index contributed by atoms with van der Waals surface area (Å²) in [5, 5.41) is 3.17. The van der Waals surface area contributed by atoms with Crippen molar-refractivity contribution in [2.24, 2.45) is 11.8 Å². The molecule has 48 heavy (non-hydrogen) atoms. The van der Waals surface area contributed by atoms with Crippen molar-refractivity contribution in [3.63, 3.8) is 0 Å². The standard InChI is InChI=1S/C36H48ClN3O7S/c1-8-30(45-7)27-14-11-24(27)20-40-21-36(17-9-10-23-18-25(37)12-15-28(23)36)22-46-31-16-13-26(19-29(31)40)48(43,44)39-32(41)35(5,6)38-33(42)47-34(2,3)4/h8,12-13,15-16,18-19,24,27,30H,1,9-11,14,17,20-22H2,2-7H3,(H,38,42)(H,39,41)/t24-,27+,30+,36-/m0/s1. The summed E-state index contributed by atoms with van der Waals surface area (Å²) in [5.41, 5.74) is 0.362. The van der Waals surface area contributed by atoms with E-state index in [4.69, 9.17) is 25.8 Å². The predicted molar refractivity (Wildman–Crippen MR) is 186 cm³/mol. The van der Waals surface area contributed by atoms with Gasteiger partial charge >= 0.3 is 6.09 Å². The zero-order valence-electron chi connectivity index (χ0n) is 28.7. The number of aryl methyl sites for hydroxylation is 1. The Labute approximate surface area is 289 Å². The number of halogens is 1. The van der Waals surface area contributed by atoms with Crippen molar-refractivity contribution in [1.29, 1.82) is 0 Å². The smallest absolute Gasteiger partial charge is 0.408 e. The molecule has 1 aliphatic heterocycles. The highest BCUT2D eigenvalue weighted by atomic mass is 35.5. The molecule has 2 amide bonds. The Balaban J connectivity index is 1.47. The van der Waals surface area contributed by atoms with Crippen LogP contribution in [0.4, 0.5) is 10.5 Å². The van der Waals surface area contributed by atoms with Crippen molar-refractivity contribution in [1.82, 2.24) is 10.0 Å². The molecule has 2 aromatic carbocycles. The van der Waals surface area contributed by atoms with Gasteiger partial charge in [-0.2, -0.15) is 0 Å². The number of nitrogens with zero attached hydrogens (tertiary/aromatic N) is 1. The molecule has 1 heterocycles. The second kappa shape index (κ2) is 13.6. The van der Waals surface area contributed by atoms with E-state index >= 15 is 0 Å². The summed E-state index contributed by atoms with van der Waals surface area (Å²) < 4.78 is 47.1. The molecule has 0 unspecified atom stereocenters. The number of fused-ring (bicyclic) bond motifs is 3. The van der Waals surface area contributed by atoms with Crippen LogP contribution >= 0.6 is 11.6 Å². The molecule has 262 valence electrons. The summed E-state index contributed by atoms with van der Waals surface area (Å²) >= 11 is 6.41. The number of amides is 2. The van der Waals surface area contributed by atoms with Crippen molar-refractivity contribution in [2.75, 3.05) is 31.7 Å². The molecule has 0 bridgehead atoms. The largest absolute Gasteiger partial charge is 0.490 e. The lowest BCUT2D eigenvalue weighted by Gasteiger charge is -2.46. The number of sulfonamides is 1. The number of rotatable bonds is 9. The van der Waals surface area contributed by atoms with Gasteiger partial charge in [-0.25, -0.2) is 17.9 Å². The van der Waals surface area contributed by atoms with Crippen LogP contribution in [0.3, 0.4) is 0 Å². The average molecular weight is 702 g/mol. The first-order valence-electron chi connectivity index (χ1n) is 16.5. The number of alkyl carbamates (subject to hydrolysis) is 1. The summed E-state index contributed by atoms with van der Waals surface area (Å²) in [7, 11) is -2.64. The van der Waals surface area contributed by atoms with Gasteiger partial charge in [0.2, 0.25) is 0 Å². The molecular formula is C36H48ClN3O7S. The van der Waals surface area contributed by atoms with Crippen LogP contribution in [0, 0.1) is 11.8 Å². The van der Waals surface area contributed by atoms with E-state index in [9.17, 15) is 18.0 Å². The molecule has 4 atom stereocenters. The minimum atomic E-state index is -4.34. The van der Waals surface area contributed by atoms with Crippen molar-refractivity contribution in [3.05, 3.63) is 65.2 Å². The van der Waals surface area contributed by atoms with Crippen LogP contribution in [-0.2, 0) is 36.1 Å². The topological polar surface area (TPSA) is 123 Å². The maximum atomic E-state index is 13.7. The van der Waals surface area contributed by atoms with E-state index in [1.165, 1.54) is 31.0 Å². The highest BCUT2D eigenvalue weighted by Crippen LogP contribution is 2.47. The highest BCUT2D eigenvalue weighted by molar-refractivity contribution is 7.90.